The van der Waals surface area contributed by atoms with Gasteiger partial charge in [-0.05, 0) is 32.1 Å². The molecule has 2 aliphatic heterocycles. The molecule has 0 radical (unpaired) electrons. The summed E-state index contributed by atoms with van der Waals surface area (Å²) in [6, 6.07) is 0. The zero-order chi connectivity index (χ0) is 17.8. The highest BCUT2D eigenvalue weighted by molar-refractivity contribution is 5.89. The number of aromatic nitrogens is 2. The highest BCUT2D eigenvalue weighted by Crippen LogP contribution is 2.27. The number of rotatable bonds is 5. The molecule has 1 aromatic rings. The fourth-order valence-corrected chi connectivity index (χ4v) is 3.38. The van der Waals surface area contributed by atoms with Crippen LogP contribution in [0.3, 0.4) is 0 Å². The van der Waals surface area contributed by atoms with Crippen molar-refractivity contribution in [2.24, 2.45) is 5.92 Å². The first-order valence-corrected chi connectivity index (χ1v) is 8.63. The Balaban J connectivity index is 1.63. The zero-order valence-corrected chi connectivity index (χ0v) is 14.7. The summed E-state index contributed by atoms with van der Waals surface area (Å²) in [6.07, 6.45) is 5.31. The molecule has 2 amide bonds. The first kappa shape index (κ1) is 17.6. The van der Waals surface area contributed by atoms with Crippen LogP contribution in [0.1, 0.15) is 25.5 Å². The van der Waals surface area contributed by atoms with Crippen LogP contribution in [0.15, 0.2) is 12.4 Å². The quantitative estimate of drug-likeness (QED) is 0.796. The molecule has 8 heteroatoms. The number of anilines is 1. The molecule has 1 atom stereocenters. The number of carbonyl (C=O) groups excluding carboxylic acids is 2. The van der Waals surface area contributed by atoms with E-state index in [-0.39, 0.29) is 24.7 Å². The minimum Gasteiger partial charge on any atom is -0.444 e. The largest absolute Gasteiger partial charge is 0.444 e. The van der Waals surface area contributed by atoms with Gasteiger partial charge in [-0.1, -0.05) is 0 Å². The number of carbonyl (C=O) groups is 2. The predicted octanol–water partition coefficient (Wildman–Crippen LogP) is 1.25. The van der Waals surface area contributed by atoms with Crippen molar-refractivity contribution in [1.82, 2.24) is 14.9 Å². The lowest BCUT2D eigenvalue weighted by atomic mass is 9.92. The van der Waals surface area contributed by atoms with E-state index in [1.54, 1.807) is 17.3 Å². The molecule has 8 nitrogen and oxygen atoms in total. The number of methoxy groups -OCH3 is 1. The second-order valence-electron chi connectivity index (χ2n) is 6.59. The summed E-state index contributed by atoms with van der Waals surface area (Å²) in [5.41, 5.74) is 0.815. The molecule has 0 N–H and O–H groups in total. The minimum absolute atomic E-state index is 0.0370. The smallest absolute Gasteiger partial charge is 0.415 e. The zero-order valence-electron chi connectivity index (χ0n) is 14.7. The first-order valence-electron chi connectivity index (χ1n) is 8.63. The molecular weight excluding hydrogens is 324 g/mol. The standard InChI is InChI=1S/C17H24N4O4/c1-12-10-21(17(23)25-12)16-14(18-5-6-19-16)9-13-3-7-20(8-4-13)15(22)11-24-2/h5-6,12-13H,3-4,7-11H2,1-2H3. The summed E-state index contributed by atoms with van der Waals surface area (Å²) in [5.74, 6) is 1.04. The lowest BCUT2D eigenvalue weighted by Crippen LogP contribution is -2.40. The van der Waals surface area contributed by atoms with E-state index >= 15 is 0 Å². The molecule has 2 saturated heterocycles. The van der Waals surface area contributed by atoms with Crippen LogP contribution in [0.4, 0.5) is 10.6 Å². The number of nitrogens with zero attached hydrogens (tertiary/aromatic N) is 4. The third-order valence-electron chi connectivity index (χ3n) is 4.69. The lowest BCUT2D eigenvalue weighted by molar-refractivity contribution is -0.136. The van der Waals surface area contributed by atoms with Gasteiger partial charge in [0, 0.05) is 32.6 Å². The molecule has 0 aromatic carbocycles. The summed E-state index contributed by atoms with van der Waals surface area (Å²) < 4.78 is 10.1. The van der Waals surface area contributed by atoms with Gasteiger partial charge in [-0.2, -0.15) is 0 Å². The molecule has 0 spiro atoms. The highest BCUT2D eigenvalue weighted by atomic mass is 16.6. The molecule has 25 heavy (non-hydrogen) atoms. The van der Waals surface area contributed by atoms with Crippen molar-refractivity contribution < 1.29 is 19.1 Å². The minimum atomic E-state index is -0.366. The van der Waals surface area contributed by atoms with Crippen molar-refractivity contribution in [3.63, 3.8) is 0 Å². The van der Waals surface area contributed by atoms with E-state index in [0.29, 0.717) is 18.3 Å². The van der Waals surface area contributed by atoms with Crippen molar-refractivity contribution in [2.75, 3.05) is 38.3 Å². The summed E-state index contributed by atoms with van der Waals surface area (Å²) >= 11 is 0. The van der Waals surface area contributed by atoms with Gasteiger partial charge in [-0.3, -0.25) is 14.7 Å². The second kappa shape index (κ2) is 7.77. The van der Waals surface area contributed by atoms with E-state index in [0.717, 1.165) is 38.0 Å². The van der Waals surface area contributed by atoms with E-state index in [9.17, 15) is 9.59 Å². The van der Waals surface area contributed by atoms with E-state index in [1.807, 2.05) is 11.8 Å². The Kier molecular flexibility index (Phi) is 5.47. The maximum absolute atomic E-state index is 12.0. The Labute approximate surface area is 147 Å². The van der Waals surface area contributed by atoms with Gasteiger partial charge in [0.15, 0.2) is 5.82 Å². The molecule has 2 fully saturated rings. The average molecular weight is 348 g/mol. The summed E-state index contributed by atoms with van der Waals surface area (Å²) in [6.45, 7) is 3.94. The number of piperidine rings is 1. The molecule has 136 valence electrons. The van der Waals surface area contributed by atoms with Gasteiger partial charge in [-0.25, -0.2) is 9.78 Å². The Hall–Kier alpha value is -2.22. The van der Waals surface area contributed by atoms with E-state index in [4.69, 9.17) is 9.47 Å². The Morgan fingerprint density at radius 3 is 2.68 bits per heavy atom. The van der Waals surface area contributed by atoms with Gasteiger partial charge in [0.05, 0.1) is 12.2 Å². The van der Waals surface area contributed by atoms with Crippen molar-refractivity contribution in [1.29, 1.82) is 0 Å². The van der Waals surface area contributed by atoms with Crippen LogP contribution >= 0.6 is 0 Å². The van der Waals surface area contributed by atoms with Gasteiger partial charge >= 0.3 is 6.09 Å². The summed E-state index contributed by atoms with van der Waals surface area (Å²) in [5, 5.41) is 0. The van der Waals surface area contributed by atoms with Crippen LogP contribution in [-0.4, -0.2) is 66.3 Å². The molecule has 0 aliphatic carbocycles. The van der Waals surface area contributed by atoms with E-state index in [2.05, 4.69) is 9.97 Å². The average Bonchev–Trinajstić information content (AvgIpc) is 2.94. The van der Waals surface area contributed by atoms with Gasteiger partial charge in [-0.15, -0.1) is 0 Å². The van der Waals surface area contributed by atoms with Gasteiger partial charge in [0.1, 0.15) is 12.7 Å². The number of ether oxygens (including phenoxy) is 2. The molecule has 0 saturated carbocycles. The molecule has 1 aromatic heterocycles. The van der Waals surface area contributed by atoms with Gasteiger partial charge < -0.3 is 14.4 Å². The summed E-state index contributed by atoms with van der Waals surface area (Å²) in [7, 11) is 1.53. The van der Waals surface area contributed by atoms with E-state index < -0.39 is 0 Å². The third kappa shape index (κ3) is 4.07. The lowest BCUT2D eigenvalue weighted by Gasteiger charge is -2.32. The number of hydrogen-bond donors (Lipinski definition) is 0. The van der Waals surface area contributed by atoms with Gasteiger partial charge in [0.2, 0.25) is 5.91 Å². The molecule has 3 heterocycles. The maximum Gasteiger partial charge on any atom is 0.415 e. The van der Waals surface area contributed by atoms with Crippen LogP contribution in [0.25, 0.3) is 0 Å². The Morgan fingerprint density at radius 2 is 2.04 bits per heavy atom. The molecule has 0 bridgehead atoms. The third-order valence-corrected chi connectivity index (χ3v) is 4.69. The van der Waals surface area contributed by atoms with Crippen molar-refractivity contribution in [2.45, 2.75) is 32.3 Å². The number of cyclic esters (lactones) is 1. The maximum atomic E-state index is 12.0. The summed E-state index contributed by atoms with van der Waals surface area (Å²) in [4.78, 5) is 36.1. The normalized spacial score (nSPS) is 21.5. The molecule has 1 unspecified atom stereocenters. The van der Waals surface area contributed by atoms with Crippen LogP contribution in [0.2, 0.25) is 0 Å². The molecular formula is C17H24N4O4. The molecule has 3 rings (SSSR count). The predicted molar refractivity (Wildman–Crippen MR) is 90.2 cm³/mol. The Morgan fingerprint density at radius 1 is 1.32 bits per heavy atom. The van der Waals surface area contributed by atoms with Crippen LogP contribution in [0.5, 0.6) is 0 Å². The monoisotopic (exact) mass is 348 g/mol. The number of likely N-dealkylation sites (tertiary alicyclic amines) is 1. The van der Waals surface area contributed by atoms with Crippen LogP contribution in [0, 0.1) is 5.92 Å². The van der Waals surface area contributed by atoms with Crippen LogP contribution < -0.4 is 4.90 Å². The number of amides is 2. The second-order valence-corrected chi connectivity index (χ2v) is 6.59. The molecule has 2 aliphatic rings. The van der Waals surface area contributed by atoms with Gasteiger partial charge in [0.25, 0.3) is 0 Å². The van der Waals surface area contributed by atoms with E-state index in [1.165, 1.54) is 7.11 Å². The van der Waals surface area contributed by atoms with Crippen molar-refractivity contribution in [3.8, 4) is 0 Å². The first-order chi connectivity index (χ1) is 12.1. The highest BCUT2D eigenvalue weighted by Gasteiger charge is 2.33. The topological polar surface area (TPSA) is 84.9 Å². The van der Waals surface area contributed by atoms with Crippen LogP contribution in [-0.2, 0) is 20.7 Å². The number of hydrogen-bond acceptors (Lipinski definition) is 6. The fraction of sp³-hybridized carbons (Fsp3) is 0.647. The fourth-order valence-electron chi connectivity index (χ4n) is 3.38. The van der Waals surface area contributed by atoms with Crippen molar-refractivity contribution in [3.05, 3.63) is 18.1 Å². The van der Waals surface area contributed by atoms with Crippen molar-refractivity contribution >= 4 is 17.8 Å². The Bertz CT molecular complexity index is 631. The SMILES string of the molecule is COCC(=O)N1CCC(Cc2nccnc2N2CC(C)OC2=O)CC1.